The number of carbonyl (C=O) groups is 2. The number of thiazole rings is 1. The van der Waals surface area contributed by atoms with Crippen LogP contribution in [0.1, 0.15) is 29.7 Å². The highest BCUT2D eigenvalue weighted by molar-refractivity contribution is 7.22. The number of anilines is 1. The number of carbonyl (C=O) groups excluding carboxylic acids is 2. The minimum Gasteiger partial charge on any atom is -0.507 e. The summed E-state index contributed by atoms with van der Waals surface area (Å²) >= 11 is 1.09. The van der Waals surface area contributed by atoms with Gasteiger partial charge in [0, 0.05) is 12.0 Å². The van der Waals surface area contributed by atoms with Gasteiger partial charge in [0.1, 0.15) is 35.8 Å². The van der Waals surface area contributed by atoms with E-state index < -0.39 is 23.5 Å². The molecule has 0 saturated carbocycles. The lowest BCUT2D eigenvalue weighted by atomic mass is 9.94. The molecule has 2 aliphatic rings. The fourth-order valence-corrected chi connectivity index (χ4v) is 6.01. The van der Waals surface area contributed by atoms with Crippen LogP contribution in [-0.4, -0.2) is 34.5 Å². The molecule has 9 heteroatoms. The van der Waals surface area contributed by atoms with E-state index in [1.807, 2.05) is 6.92 Å². The van der Waals surface area contributed by atoms with Crippen molar-refractivity contribution < 1.29 is 28.6 Å². The Morgan fingerprint density at radius 3 is 2.90 bits per heavy atom. The molecular formula is C30H23FN2O5S. The molecule has 39 heavy (non-hydrogen) atoms. The second kappa shape index (κ2) is 9.67. The Labute approximate surface area is 227 Å². The Bertz CT molecular complexity index is 1690. The van der Waals surface area contributed by atoms with Gasteiger partial charge < -0.3 is 14.6 Å². The summed E-state index contributed by atoms with van der Waals surface area (Å²) < 4.78 is 25.9. The van der Waals surface area contributed by atoms with E-state index in [4.69, 9.17) is 9.47 Å². The normalized spacial score (nSPS) is 19.8. The third-order valence-electron chi connectivity index (χ3n) is 6.70. The molecule has 0 spiro atoms. The average Bonchev–Trinajstić information content (AvgIpc) is 3.59. The zero-order valence-corrected chi connectivity index (χ0v) is 21.7. The summed E-state index contributed by atoms with van der Waals surface area (Å²) in [5.74, 6) is -1.18. The second-order valence-electron chi connectivity index (χ2n) is 9.40. The van der Waals surface area contributed by atoms with Crippen molar-refractivity contribution in [2.45, 2.75) is 25.5 Å². The van der Waals surface area contributed by atoms with E-state index in [0.717, 1.165) is 22.6 Å². The molecule has 1 N–H and O–H groups in total. The van der Waals surface area contributed by atoms with Gasteiger partial charge >= 0.3 is 5.91 Å². The van der Waals surface area contributed by atoms with E-state index in [2.05, 4.69) is 11.6 Å². The monoisotopic (exact) mass is 542 g/mol. The zero-order valence-electron chi connectivity index (χ0n) is 20.9. The molecule has 1 fully saturated rings. The number of hydrogen-bond donors (Lipinski definition) is 1. The summed E-state index contributed by atoms with van der Waals surface area (Å²) in [5, 5.41) is 11.7. The predicted molar refractivity (Wildman–Crippen MR) is 147 cm³/mol. The Balaban J connectivity index is 1.53. The van der Waals surface area contributed by atoms with Crippen LogP contribution >= 0.6 is 11.3 Å². The molecule has 0 radical (unpaired) electrons. The molecule has 7 nitrogen and oxygen atoms in total. The first-order valence-electron chi connectivity index (χ1n) is 12.3. The molecule has 1 amide bonds. The Hall–Kier alpha value is -4.50. The van der Waals surface area contributed by atoms with Crippen molar-refractivity contribution in [3.8, 4) is 11.5 Å². The number of ketones is 1. The van der Waals surface area contributed by atoms with E-state index in [1.165, 1.54) is 23.1 Å². The quantitative estimate of drug-likeness (QED) is 0.140. The molecule has 2 aliphatic heterocycles. The summed E-state index contributed by atoms with van der Waals surface area (Å²) in [4.78, 5) is 32.9. The molecule has 0 bridgehead atoms. The number of ether oxygens (including phenoxy) is 2. The van der Waals surface area contributed by atoms with Crippen molar-refractivity contribution in [1.82, 2.24) is 4.98 Å². The smallest absolute Gasteiger partial charge is 0.301 e. The molecule has 6 rings (SSSR count). The topological polar surface area (TPSA) is 89.0 Å². The lowest BCUT2D eigenvalue weighted by Crippen LogP contribution is -2.29. The van der Waals surface area contributed by atoms with Gasteiger partial charge in [0.05, 0.1) is 21.8 Å². The summed E-state index contributed by atoms with van der Waals surface area (Å²) in [6.45, 7) is 5.89. The fraction of sp³-hybridized carbons (Fsp3) is 0.167. The van der Waals surface area contributed by atoms with Gasteiger partial charge in [-0.25, -0.2) is 9.37 Å². The molecule has 0 unspecified atom stereocenters. The van der Waals surface area contributed by atoms with E-state index in [9.17, 15) is 19.1 Å². The second-order valence-corrected chi connectivity index (χ2v) is 10.4. The van der Waals surface area contributed by atoms with Gasteiger partial charge in [-0.05, 0) is 66.6 Å². The molecule has 3 heterocycles. The van der Waals surface area contributed by atoms with Crippen LogP contribution in [0.5, 0.6) is 11.5 Å². The highest BCUT2D eigenvalue weighted by atomic mass is 32.1. The summed E-state index contributed by atoms with van der Waals surface area (Å²) in [6, 6.07) is 15.3. The molecular weight excluding hydrogens is 519 g/mol. The minimum absolute atomic E-state index is 0.00477. The third-order valence-corrected chi connectivity index (χ3v) is 7.72. The van der Waals surface area contributed by atoms with Crippen molar-refractivity contribution in [3.05, 3.63) is 101 Å². The van der Waals surface area contributed by atoms with Gasteiger partial charge in [-0.2, -0.15) is 0 Å². The molecule has 2 atom stereocenters. The van der Waals surface area contributed by atoms with E-state index in [-0.39, 0.29) is 29.2 Å². The van der Waals surface area contributed by atoms with Crippen LogP contribution in [0.2, 0.25) is 0 Å². The van der Waals surface area contributed by atoms with Crippen molar-refractivity contribution in [3.63, 3.8) is 0 Å². The number of halogens is 1. The van der Waals surface area contributed by atoms with Gasteiger partial charge in [-0.1, -0.05) is 36.1 Å². The number of nitrogens with zero attached hydrogens (tertiary/aromatic N) is 2. The molecule has 0 aliphatic carbocycles. The summed E-state index contributed by atoms with van der Waals surface area (Å²) in [5.41, 5.74) is 2.28. The van der Waals surface area contributed by atoms with Crippen LogP contribution in [0.4, 0.5) is 9.52 Å². The minimum atomic E-state index is -0.994. The maximum absolute atomic E-state index is 13.9. The number of aromatic nitrogens is 1. The number of Topliss-reactive ketones (excluding diaryl/α,β-unsaturated/α-hetero) is 1. The maximum atomic E-state index is 13.9. The van der Waals surface area contributed by atoms with Gasteiger partial charge in [0.2, 0.25) is 0 Å². The van der Waals surface area contributed by atoms with Crippen molar-refractivity contribution in [1.29, 1.82) is 0 Å². The fourth-order valence-electron chi connectivity index (χ4n) is 4.99. The molecule has 4 aromatic rings. The largest absolute Gasteiger partial charge is 0.507 e. The predicted octanol–water partition coefficient (Wildman–Crippen LogP) is 5.95. The van der Waals surface area contributed by atoms with E-state index in [0.29, 0.717) is 33.5 Å². The van der Waals surface area contributed by atoms with Crippen LogP contribution in [-0.2, 0) is 16.0 Å². The van der Waals surface area contributed by atoms with E-state index in [1.54, 1.807) is 48.5 Å². The molecule has 196 valence electrons. The lowest BCUT2D eigenvalue weighted by Gasteiger charge is -2.23. The van der Waals surface area contributed by atoms with Gasteiger partial charge in [-0.15, -0.1) is 0 Å². The Morgan fingerprint density at radius 1 is 1.23 bits per heavy atom. The number of fused-ring (bicyclic) bond motifs is 2. The van der Waals surface area contributed by atoms with Crippen LogP contribution in [0.25, 0.3) is 16.0 Å². The lowest BCUT2D eigenvalue weighted by molar-refractivity contribution is -0.132. The Morgan fingerprint density at radius 2 is 2.08 bits per heavy atom. The van der Waals surface area contributed by atoms with Crippen LogP contribution in [0, 0.1) is 5.82 Å². The Kier molecular flexibility index (Phi) is 6.15. The molecule has 1 saturated heterocycles. The highest BCUT2D eigenvalue weighted by Gasteiger charge is 2.48. The maximum Gasteiger partial charge on any atom is 0.301 e. The molecule has 3 aromatic carbocycles. The van der Waals surface area contributed by atoms with Gasteiger partial charge in [0.25, 0.3) is 5.78 Å². The first-order valence-corrected chi connectivity index (χ1v) is 13.2. The highest BCUT2D eigenvalue weighted by Crippen LogP contribution is 2.45. The SMILES string of the molecule is C=CCOc1cccc([C@H]2C(=C(O)c3ccc4c(c3)C[C@@H](C)O4)C(=O)C(=O)N2c2nc3ccc(F)cc3s2)c1. The van der Waals surface area contributed by atoms with Crippen LogP contribution < -0.4 is 14.4 Å². The number of aliphatic hydroxyl groups excluding tert-OH is 1. The third kappa shape index (κ3) is 4.34. The first-order chi connectivity index (χ1) is 18.8. The number of rotatable bonds is 6. The summed E-state index contributed by atoms with van der Waals surface area (Å²) in [7, 11) is 0. The molecule has 1 aromatic heterocycles. The number of amides is 1. The van der Waals surface area contributed by atoms with Gasteiger partial charge in [0.15, 0.2) is 5.13 Å². The number of aliphatic hydroxyl groups is 1. The van der Waals surface area contributed by atoms with Crippen molar-refractivity contribution in [2.75, 3.05) is 11.5 Å². The average molecular weight is 543 g/mol. The van der Waals surface area contributed by atoms with Crippen LogP contribution in [0.15, 0.2) is 78.9 Å². The zero-order chi connectivity index (χ0) is 27.3. The van der Waals surface area contributed by atoms with Gasteiger partial charge in [-0.3, -0.25) is 14.5 Å². The number of benzene rings is 3. The first kappa shape index (κ1) is 24.8. The van der Waals surface area contributed by atoms with Crippen molar-refractivity contribution >= 4 is 44.1 Å². The van der Waals surface area contributed by atoms with E-state index >= 15 is 0 Å². The van der Waals surface area contributed by atoms with Crippen molar-refractivity contribution in [2.24, 2.45) is 0 Å². The standard InChI is InChI=1S/C30H23FN2O5S/c1-3-11-37-21-6-4-5-17(14-21)26-25(27(34)18-7-10-23-19(13-18)12-16(2)38-23)28(35)29(36)33(26)30-32-22-9-8-20(31)15-24(22)39-30/h3-10,13-16,26,34H,1,11-12H2,2H3/t16-,26+/m1/s1. The summed E-state index contributed by atoms with van der Waals surface area (Å²) in [6.07, 6.45) is 2.28. The number of hydrogen-bond acceptors (Lipinski definition) is 7. The van der Waals surface area contributed by atoms with Crippen LogP contribution in [0.3, 0.4) is 0 Å².